The normalized spacial score (nSPS) is 15.3. The van der Waals surface area contributed by atoms with Crippen molar-refractivity contribution in [2.24, 2.45) is 0 Å². The predicted molar refractivity (Wildman–Crippen MR) is 115 cm³/mol. The summed E-state index contributed by atoms with van der Waals surface area (Å²) in [7, 11) is -0.962. The van der Waals surface area contributed by atoms with Crippen LogP contribution in [0.2, 0.25) is 0 Å². The second kappa shape index (κ2) is 5.65. The van der Waals surface area contributed by atoms with Crippen LogP contribution in [0.15, 0.2) is 94.7 Å². The van der Waals surface area contributed by atoms with Crippen LogP contribution in [0.3, 0.4) is 0 Å². The SMILES string of the molecule is CS1(C)c2ccccc2-c2ccc(Nc3cccc4ccccc34)cc21. The fraction of sp³-hybridized carbons (Fsp3) is 0.0833. The molecule has 4 aromatic carbocycles. The van der Waals surface area contributed by atoms with Gasteiger partial charge in [0.05, 0.1) is 0 Å². The van der Waals surface area contributed by atoms with E-state index >= 15 is 0 Å². The van der Waals surface area contributed by atoms with Gasteiger partial charge in [0.1, 0.15) is 0 Å². The van der Waals surface area contributed by atoms with Gasteiger partial charge in [0.25, 0.3) is 0 Å². The number of rotatable bonds is 2. The Labute approximate surface area is 156 Å². The summed E-state index contributed by atoms with van der Waals surface area (Å²) in [6.07, 6.45) is 4.80. The molecule has 0 amide bonds. The Morgan fingerprint density at radius 2 is 1.38 bits per heavy atom. The fourth-order valence-electron chi connectivity index (χ4n) is 3.99. The minimum absolute atomic E-state index is 0.962. The molecule has 0 unspecified atom stereocenters. The van der Waals surface area contributed by atoms with Gasteiger partial charge in [-0.25, -0.2) is 0 Å². The van der Waals surface area contributed by atoms with E-state index in [1.165, 1.54) is 31.7 Å². The Bertz CT molecular complexity index is 1140. The molecule has 1 heterocycles. The zero-order chi connectivity index (χ0) is 17.7. The average molecular weight is 356 g/mol. The van der Waals surface area contributed by atoms with E-state index in [2.05, 4.69) is 103 Å². The van der Waals surface area contributed by atoms with Crippen molar-refractivity contribution in [3.05, 3.63) is 84.9 Å². The molecule has 0 fully saturated rings. The van der Waals surface area contributed by atoms with Gasteiger partial charge in [0.2, 0.25) is 0 Å². The lowest BCUT2D eigenvalue weighted by molar-refractivity contribution is 1.43. The van der Waals surface area contributed by atoms with E-state index in [-0.39, 0.29) is 0 Å². The second-order valence-corrected chi connectivity index (χ2v) is 10.7. The highest BCUT2D eigenvalue weighted by molar-refractivity contribution is 8.33. The Hall–Kier alpha value is -2.71. The number of benzene rings is 4. The average Bonchev–Trinajstić information content (AvgIpc) is 2.90. The predicted octanol–water partition coefficient (Wildman–Crippen LogP) is 7.05. The first-order valence-corrected chi connectivity index (χ1v) is 11.3. The molecule has 0 saturated heterocycles. The molecule has 128 valence electrons. The summed E-state index contributed by atoms with van der Waals surface area (Å²) in [6, 6.07) is 30.6. The van der Waals surface area contributed by atoms with Gasteiger partial charge >= 0.3 is 0 Å². The maximum Gasteiger partial charge on any atom is 0.0463 e. The Morgan fingerprint density at radius 3 is 2.31 bits per heavy atom. The zero-order valence-electron chi connectivity index (χ0n) is 15.0. The van der Waals surface area contributed by atoms with E-state index in [0.29, 0.717) is 0 Å². The van der Waals surface area contributed by atoms with Crippen LogP contribution in [0.1, 0.15) is 0 Å². The molecule has 26 heavy (non-hydrogen) atoms. The van der Waals surface area contributed by atoms with Crippen molar-refractivity contribution in [3.63, 3.8) is 0 Å². The first-order chi connectivity index (χ1) is 12.6. The first kappa shape index (κ1) is 15.5. The lowest BCUT2D eigenvalue weighted by Crippen LogP contribution is -1.95. The molecule has 0 spiro atoms. The number of fused-ring (bicyclic) bond motifs is 4. The van der Waals surface area contributed by atoms with Gasteiger partial charge in [-0.05, 0) is 53.3 Å². The molecule has 0 saturated carbocycles. The van der Waals surface area contributed by atoms with Crippen molar-refractivity contribution < 1.29 is 0 Å². The molecule has 4 aromatic rings. The third-order valence-corrected chi connectivity index (χ3v) is 8.22. The maximum absolute atomic E-state index is 3.65. The van der Waals surface area contributed by atoms with Crippen LogP contribution in [0.25, 0.3) is 21.9 Å². The standard InChI is InChI=1S/C24H21NS/c1-26(2)23-13-6-5-11-20(23)21-15-14-18(16-24(21)26)25-22-12-7-9-17-8-3-4-10-19(17)22/h3-16,25H,1-2H3. The highest BCUT2D eigenvalue weighted by Gasteiger charge is 2.31. The zero-order valence-corrected chi connectivity index (χ0v) is 15.8. The summed E-state index contributed by atoms with van der Waals surface area (Å²) in [5.74, 6) is 0. The van der Waals surface area contributed by atoms with E-state index in [1.54, 1.807) is 0 Å². The molecule has 1 nitrogen and oxygen atoms in total. The molecule has 0 aliphatic carbocycles. The third-order valence-electron chi connectivity index (χ3n) is 5.33. The fourth-order valence-corrected chi connectivity index (χ4v) is 6.52. The maximum atomic E-state index is 3.65. The quantitative estimate of drug-likeness (QED) is 0.406. The van der Waals surface area contributed by atoms with Crippen LogP contribution >= 0.6 is 10.0 Å². The third kappa shape index (κ3) is 2.26. The summed E-state index contributed by atoms with van der Waals surface area (Å²) in [4.78, 5) is 2.97. The number of anilines is 2. The number of hydrogen-bond donors (Lipinski definition) is 1. The first-order valence-electron chi connectivity index (χ1n) is 8.86. The van der Waals surface area contributed by atoms with E-state index in [9.17, 15) is 0 Å². The number of hydrogen-bond acceptors (Lipinski definition) is 1. The molecule has 1 aliphatic heterocycles. The summed E-state index contributed by atoms with van der Waals surface area (Å²) < 4.78 is 0. The minimum Gasteiger partial charge on any atom is -0.355 e. The number of nitrogens with one attached hydrogen (secondary N) is 1. The van der Waals surface area contributed by atoms with Crippen molar-refractivity contribution in [2.75, 3.05) is 17.8 Å². The van der Waals surface area contributed by atoms with Crippen molar-refractivity contribution >= 4 is 32.2 Å². The minimum atomic E-state index is -0.962. The van der Waals surface area contributed by atoms with Gasteiger partial charge in [-0.2, -0.15) is 10.0 Å². The van der Waals surface area contributed by atoms with Gasteiger partial charge < -0.3 is 5.32 Å². The van der Waals surface area contributed by atoms with Crippen molar-refractivity contribution in [3.8, 4) is 11.1 Å². The molecule has 0 atom stereocenters. The Morgan fingerprint density at radius 1 is 0.654 bits per heavy atom. The van der Waals surface area contributed by atoms with E-state index in [0.717, 1.165) is 11.4 Å². The van der Waals surface area contributed by atoms with Crippen LogP contribution in [0, 0.1) is 0 Å². The van der Waals surface area contributed by atoms with Crippen LogP contribution < -0.4 is 5.32 Å². The topological polar surface area (TPSA) is 12.0 Å². The summed E-state index contributed by atoms with van der Waals surface area (Å²) >= 11 is 0. The van der Waals surface area contributed by atoms with E-state index in [1.807, 2.05) is 0 Å². The highest BCUT2D eigenvalue weighted by Crippen LogP contribution is 2.67. The van der Waals surface area contributed by atoms with Crippen molar-refractivity contribution in [1.82, 2.24) is 0 Å². The monoisotopic (exact) mass is 355 g/mol. The molecular formula is C24H21NS. The van der Waals surface area contributed by atoms with Crippen molar-refractivity contribution in [2.45, 2.75) is 9.79 Å². The van der Waals surface area contributed by atoms with Gasteiger partial charge in [-0.15, -0.1) is 0 Å². The van der Waals surface area contributed by atoms with Crippen LogP contribution in [0.4, 0.5) is 11.4 Å². The Kier molecular flexibility index (Phi) is 3.38. The molecule has 0 bridgehead atoms. The van der Waals surface area contributed by atoms with Gasteiger partial charge in [0, 0.05) is 26.6 Å². The van der Waals surface area contributed by atoms with E-state index in [4.69, 9.17) is 0 Å². The molecule has 1 N–H and O–H groups in total. The van der Waals surface area contributed by atoms with Gasteiger partial charge in [-0.1, -0.05) is 60.7 Å². The van der Waals surface area contributed by atoms with Crippen LogP contribution in [0.5, 0.6) is 0 Å². The largest absolute Gasteiger partial charge is 0.355 e. The van der Waals surface area contributed by atoms with Gasteiger partial charge in [-0.3, -0.25) is 0 Å². The lowest BCUT2D eigenvalue weighted by atomic mass is 10.1. The smallest absolute Gasteiger partial charge is 0.0463 e. The lowest BCUT2D eigenvalue weighted by Gasteiger charge is -2.28. The summed E-state index contributed by atoms with van der Waals surface area (Å²) in [5, 5.41) is 6.17. The summed E-state index contributed by atoms with van der Waals surface area (Å²) in [6.45, 7) is 0. The molecule has 5 rings (SSSR count). The molecule has 1 aliphatic rings. The molecular weight excluding hydrogens is 334 g/mol. The Balaban J connectivity index is 1.60. The van der Waals surface area contributed by atoms with Crippen molar-refractivity contribution in [1.29, 1.82) is 0 Å². The van der Waals surface area contributed by atoms with Crippen LogP contribution in [-0.4, -0.2) is 12.5 Å². The van der Waals surface area contributed by atoms with E-state index < -0.39 is 10.0 Å². The highest BCUT2D eigenvalue weighted by atomic mass is 32.3. The molecule has 0 radical (unpaired) electrons. The summed E-state index contributed by atoms with van der Waals surface area (Å²) in [5.41, 5.74) is 5.11. The molecule has 2 heteroatoms. The van der Waals surface area contributed by atoms with Gasteiger partial charge in [0.15, 0.2) is 0 Å². The second-order valence-electron chi connectivity index (χ2n) is 7.19. The molecule has 0 aromatic heterocycles. The van der Waals surface area contributed by atoms with Crippen LogP contribution in [-0.2, 0) is 0 Å².